The Kier molecular flexibility index (Phi) is 3.18. The van der Waals surface area contributed by atoms with Crippen LogP contribution in [0.1, 0.15) is 41.2 Å². The third-order valence-corrected chi connectivity index (χ3v) is 4.30. The molecule has 4 nitrogen and oxygen atoms in total. The number of thiazole rings is 1. The van der Waals surface area contributed by atoms with Crippen LogP contribution in [-0.2, 0) is 12.8 Å². The molecule has 19 heavy (non-hydrogen) atoms. The first-order valence-corrected chi connectivity index (χ1v) is 7.24. The van der Waals surface area contributed by atoms with Gasteiger partial charge >= 0.3 is 0 Å². The smallest absolute Gasteiger partial charge is 0.144 e. The average molecular weight is 270 g/mol. The van der Waals surface area contributed by atoms with Gasteiger partial charge in [0.1, 0.15) is 16.9 Å². The normalized spacial score (nSPS) is 14.7. The zero-order valence-corrected chi connectivity index (χ0v) is 11.5. The minimum Gasteiger partial charge on any atom is -0.360 e. The van der Waals surface area contributed by atoms with Gasteiger partial charge in [-0.1, -0.05) is 0 Å². The number of nitrogens with zero attached hydrogens (tertiary/aromatic N) is 3. The van der Waals surface area contributed by atoms with Crippen LogP contribution < -0.4 is 5.32 Å². The molecule has 0 radical (unpaired) electrons. The van der Waals surface area contributed by atoms with Gasteiger partial charge in [-0.15, -0.1) is 11.3 Å². The molecule has 1 aliphatic carbocycles. The number of nitrogens with one attached hydrogen (secondary N) is 1. The number of hydrogen-bond acceptors (Lipinski definition) is 5. The summed E-state index contributed by atoms with van der Waals surface area (Å²) in [6, 6.07) is 4.28. The summed E-state index contributed by atoms with van der Waals surface area (Å²) in [4.78, 5) is 8.90. The van der Waals surface area contributed by atoms with E-state index in [0.29, 0.717) is 11.4 Å². The summed E-state index contributed by atoms with van der Waals surface area (Å²) < 4.78 is 0. The highest BCUT2D eigenvalue weighted by molar-refractivity contribution is 7.09. The first-order chi connectivity index (χ1) is 9.28. The number of anilines is 1. The highest BCUT2D eigenvalue weighted by atomic mass is 32.1. The molecule has 3 rings (SSSR count). The molecule has 0 bridgehead atoms. The molecule has 0 saturated carbocycles. The SMILES string of the molecule is CC(Nc1nc2c(cc1C#N)CCC2)c1nccs1. The maximum atomic E-state index is 9.25. The van der Waals surface area contributed by atoms with Crippen molar-refractivity contribution in [3.8, 4) is 6.07 Å². The second-order valence-electron chi connectivity index (χ2n) is 4.69. The Hall–Kier alpha value is -1.93. The van der Waals surface area contributed by atoms with Crippen molar-refractivity contribution in [2.24, 2.45) is 0 Å². The summed E-state index contributed by atoms with van der Waals surface area (Å²) >= 11 is 1.60. The molecule has 0 saturated heterocycles. The Balaban J connectivity index is 1.90. The molecular weight excluding hydrogens is 256 g/mol. The quantitative estimate of drug-likeness (QED) is 0.931. The van der Waals surface area contributed by atoms with Gasteiger partial charge in [0.05, 0.1) is 11.6 Å². The van der Waals surface area contributed by atoms with E-state index in [1.165, 1.54) is 5.56 Å². The van der Waals surface area contributed by atoms with Crippen LogP contribution in [0.5, 0.6) is 0 Å². The Morgan fingerprint density at radius 1 is 1.47 bits per heavy atom. The molecule has 1 N–H and O–H groups in total. The van der Waals surface area contributed by atoms with Crippen LogP contribution in [0.25, 0.3) is 0 Å². The molecular formula is C14H14N4S. The minimum absolute atomic E-state index is 0.0686. The second kappa shape index (κ2) is 4.98. The Morgan fingerprint density at radius 3 is 3.11 bits per heavy atom. The van der Waals surface area contributed by atoms with Crippen LogP contribution >= 0.6 is 11.3 Å². The average Bonchev–Trinajstić information content (AvgIpc) is 3.08. The number of aryl methyl sites for hydroxylation is 2. The summed E-state index contributed by atoms with van der Waals surface area (Å²) in [6.45, 7) is 2.04. The van der Waals surface area contributed by atoms with Crippen molar-refractivity contribution >= 4 is 17.2 Å². The molecule has 0 fully saturated rings. The largest absolute Gasteiger partial charge is 0.360 e. The van der Waals surface area contributed by atoms with Crippen molar-refractivity contribution in [2.75, 3.05) is 5.32 Å². The highest BCUT2D eigenvalue weighted by Crippen LogP contribution is 2.27. The van der Waals surface area contributed by atoms with Crippen LogP contribution in [-0.4, -0.2) is 9.97 Å². The van der Waals surface area contributed by atoms with Gasteiger partial charge in [0.15, 0.2) is 0 Å². The standard InChI is InChI=1S/C14H14N4S/c1-9(14-16-5-6-19-14)17-13-11(8-15)7-10-3-2-4-12(10)18-13/h5-7,9H,2-4H2,1H3,(H,17,18). The van der Waals surface area contributed by atoms with Gasteiger partial charge < -0.3 is 5.32 Å². The lowest BCUT2D eigenvalue weighted by Crippen LogP contribution is -2.10. The summed E-state index contributed by atoms with van der Waals surface area (Å²) in [7, 11) is 0. The molecule has 96 valence electrons. The lowest BCUT2D eigenvalue weighted by molar-refractivity contribution is 0.853. The summed E-state index contributed by atoms with van der Waals surface area (Å²) in [6.07, 6.45) is 4.98. The number of nitriles is 1. The second-order valence-corrected chi connectivity index (χ2v) is 5.62. The third-order valence-electron chi connectivity index (χ3n) is 3.35. The summed E-state index contributed by atoms with van der Waals surface area (Å²) in [5, 5.41) is 15.5. The van der Waals surface area contributed by atoms with E-state index in [0.717, 1.165) is 30.0 Å². The van der Waals surface area contributed by atoms with Crippen LogP contribution in [0.2, 0.25) is 0 Å². The Bertz CT molecular complexity index is 628. The summed E-state index contributed by atoms with van der Waals surface area (Å²) in [5.74, 6) is 0.686. The molecule has 1 atom stereocenters. The van der Waals surface area contributed by atoms with Gasteiger partial charge in [0.25, 0.3) is 0 Å². The molecule has 1 aliphatic rings. The first kappa shape index (κ1) is 12.1. The number of pyridine rings is 1. The van der Waals surface area contributed by atoms with E-state index in [2.05, 4.69) is 21.4 Å². The number of hydrogen-bond donors (Lipinski definition) is 1. The van der Waals surface area contributed by atoms with Crippen LogP contribution in [0.4, 0.5) is 5.82 Å². The monoisotopic (exact) mass is 270 g/mol. The lowest BCUT2D eigenvalue weighted by Gasteiger charge is -2.14. The molecule has 2 aromatic rings. The lowest BCUT2D eigenvalue weighted by atomic mass is 10.1. The van der Waals surface area contributed by atoms with Gasteiger partial charge in [-0.2, -0.15) is 5.26 Å². The molecule has 1 unspecified atom stereocenters. The zero-order chi connectivity index (χ0) is 13.2. The van der Waals surface area contributed by atoms with E-state index in [9.17, 15) is 5.26 Å². The Labute approximate surface area is 116 Å². The van der Waals surface area contributed by atoms with Gasteiger partial charge in [-0.3, -0.25) is 0 Å². The molecule has 0 amide bonds. The van der Waals surface area contributed by atoms with E-state index in [-0.39, 0.29) is 6.04 Å². The fourth-order valence-corrected chi connectivity index (χ4v) is 3.03. The Morgan fingerprint density at radius 2 is 2.37 bits per heavy atom. The maximum Gasteiger partial charge on any atom is 0.144 e. The topological polar surface area (TPSA) is 61.6 Å². The number of rotatable bonds is 3. The predicted molar refractivity (Wildman–Crippen MR) is 75.1 cm³/mol. The van der Waals surface area contributed by atoms with Gasteiger partial charge in [0.2, 0.25) is 0 Å². The molecule has 5 heteroatoms. The van der Waals surface area contributed by atoms with Crippen molar-refractivity contribution in [3.05, 3.63) is 39.5 Å². The van der Waals surface area contributed by atoms with E-state index < -0.39 is 0 Å². The van der Waals surface area contributed by atoms with Crippen molar-refractivity contribution in [2.45, 2.75) is 32.2 Å². The van der Waals surface area contributed by atoms with E-state index in [4.69, 9.17) is 0 Å². The highest BCUT2D eigenvalue weighted by Gasteiger charge is 2.18. The van der Waals surface area contributed by atoms with Gasteiger partial charge in [-0.25, -0.2) is 9.97 Å². The molecule has 2 aromatic heterocycles. The molecule has 0 aliphatic heterocycles. The minimum atomic E-state index is 0.0686. The number of aromatic nitrogens is 2. The fraction of sp³-hybridized carbons (Fsp3) is 0.357. The molecule has 0 aromatic carbocycles. The van der Waals surface area contributed by atoms with Crippen LogP contribution in [0, 0.1) is 11.3 Å². The van der Waals surface area contributed by atoms with Gasteiger partial charge in [0, 0.05) is 17.3 Å². The van der Waals surface area contributed by atoms with E-state index >= 15 is 0 Å². The molecule has 2 heterocycles. The fourth-order valence-electron chi connectivity index (χ4n) is 2.38. The van der Waals surface area contributed by atoms with Gasteiger partial charge in [-0.05, 0) is 37.8 Å². The van der Waals surface area contributed by atoms with Crippen molar-refractivity contribution in [3.63, 3.8) is 0 Å². The van der Waals surface area contributed by atoms with Crippen molar-refractivity contribution in [1.82, 2.24) is 9.97 Å². The molecule has 0 spiro atoms. The number of fused-ring (bicyclic) bond motifs is 1. The van der Waals surface area contributed by atoms with Crippen molar-refractivity contribution in [1.29, 1.82) is 5.26 Å². The zero-order valence-electron chi connectivity index (χ0n) is 10.7. The van der Waals surface area contributed by atoms with Crippen LogP contribution in [0.15, 0.2) is 17.6 Å². The first-order valence-electron chi connectivity index (χ1n) is 6.36. The third kappa shape index (κ3) is 2.32. The maximum absolute atomic E-state index is 9.25. The van der Waals surface area contributed by atoms with E-state index in [1.54, 1.807) is 17.5 Å². The van der Waals surface area contributed by atoms with Crippen molar-refractivity contribution < 1.29 is 0 Å². The van der Waals surface area contributed by atoms with Crippen LogP contribution in [0.3, 0.4) is 0 Å². The van der Waals surface area contributed by atoms with E-state index in [1.807, 2.05) is 18.4 Å². The summed E-state index contributed by atoms with van der Waals surface area (Å²) in [5.41, 5.74) is 2.99. The predicted octanol–water partition coefficient (Wildman–Crippen LogP) is 3.07.